The van der Waals surface area contributed by atoms with Gasteiger partial charge in [-0.25, -0.2) is 9.55 Å². The Balaban J connectivity index is 1.57. The fourth-order valence-corrected chi connectivity index (χ4v) is 5.50. The third-order valence-corrected chi connectivity index (χ3v) is 8.45. The van der Waals surface area contributed by atoms with Gasteiger partial charge < -0.3 is 15.5 Å². The third-order valence-electron chi connectivity index (χ3n) is 7.41. The maximum absolute atomic E-state index is 14.0. The number of carbonyl (C=O) groups is 2. The predicted octanol–water partition coefficient (Wildman–Crippen LogP) is 5.35. The molecule has 0 bridgehead atoms. The summed E-state index contributed by atoms with van der Waals surface area (Å²) in [5.74, 6) is 0.349. The zero-order valence-corrected chi connectivity index (χ0v) is 24.0. The molecule has 39 heavy (non-hydrogen) atoms. The van der Waals surface area contributed by atoms with Gasteiger partial charge in [0.1, 0.15) is 0 Å². The largest absolute Gasteiger partial charge is 0.355 e. The average molecular weight is 589 g/mol. The van der Waals surface area contributed by atoms with Crippen LogP contribution < -0.4 is 16.2 Å². The van der Waals surface area contributed by atoms with Gasteiger partial charge in [0.15, 0.2) is 0 Å². The number of benzene rings is 2. The fraction of sp³-hybridized carbons (Fsp3) is 0.357. The summed E-state index contributed by atoms with van der Waals surface area (Å²) < 4.78 is 1.48. The van der Waals surface area contributed by atoms with Crippen molar-refractivity contribution in [2.75, 3.05) is 12.4 Å². The second-order valence-electron chi connectivity index (χ2n) is 10.1. The molecule has 2 heterocycles. The molecule has 1 aliphatic carbocycles. The quantitative estimate of drug-likeness (QED) is 0.405. The number of anilines is 1. The van der Waals surface area contributed by atoms with E-state index >= 15 is 0 Å². The highest BCUT2D eigenvalue weighted by atomic mass is 35.5. The van der Waals surface area contributed by atoms with E-state index in [9.17, 15) is 14.4 Å². The van der Waals surface area contributed by atoms with Crippen LogP contribution in [0.25, 0.3) is 5.69 Å². The second kappa shape index (κ2) is 10.8. The van der Waals surface area contributed by atoms with E-state index < -0.39 is 0 Å². The Hall–Kier alpha value is -3.07. The first-order valence-corrected chi connectivity index (χ1v) is 13.9. The highest BCUT2D eigenvalue weighted by Crippen LogP contribution is 2.35. The van der Waals surface area contributed by atoms with Crippen LogP contribution in [-0.2, 0) is 13.0 Å². The first-order valence-electron chi connectivity index (χ1n) is 12.8. The lowest BCUT2D eigenvalue weighted by Crippen LogP contribution is -2.46. The SMILES string of the molecule is CNC(=O)c1ccc(-n2c(N[C@@H](C)C3CC3)nc3c(c2=O)C[C@@H](C)N(C(=O)c2ccc(Cl)c(Cl)c2)C3)c(Cl)c1. The molecule has 1 saturated carbocycles. The van der Waals surface area contributed by atoms with Gasteiger partial charge in [0.25, 0.3) is 17.4 Å². The van der Waals surface area contributed by atoms with E-state index in [1.54, 1.807) is 42.3 Å². The number of rotatable bonds is 6. The van der Waals surface area contributed by atoms with Gasteiger partial charge in [-0.15, -0.1) is 0 Å². The van der Waals surface area contributed by atoms with Crippen LogP contribution in [0.15, 0.2) is 41.2 Å². The van der Waals surface area contributed by atoms with Gasteiger partial charge in [0.05, 0.1) is 33.0 Å². The highest BCUT2D eigenvalue weighted by molar-refractivity contribution is 6.42. The Labute approximate surface area is 241 Å². The van der Waals surface area contributed by atoms with Crippen LogP contribution in [0.4, 0.5) is 5.95 Å². The summed E-state index contributed by atoms with van der Waals surface area (Å²) in [5, 5.41) is 6.91. The number of carbonyl (C=O) groups excluding carboxylic acids is 2. The van der Waals surface area contributed by atoms with Crippen molar-refractivity contribution >= 4 is 52.6 Å². The number of nitrogens with zero attached hydrogens (tertiary/aromatic N) is 3. The molecule has 11 heteroatoms. The van der Waals surface area contributed by atoms with Crippen molar-refractivity contribution in [2.24, 2.45) is 5.92 Å². The molecular formula is C28H28Cl3N5O3. The van der Waals surface area contributed by atoms with E-state index in [0.29, 0.717) is 56.4 Å². The summed E-state index contributed by atoms with van der Waals surface area (Å²) in [7, 11) is 1.54. The number of nitrogens with one attached hydrogen (secondary N) is 2. The molecule has 2 N–H and O–H groups in total. The number of halogens is 3. The molecule has 0 saturated heterocycles. The molecule has 8 nitrogen and oxygen atoms in total. The normalized spacial score (nSPS) is 17.4. The van der Waals surface area contributed by atoms with Crippen molar-refractivity contribution in [3.8, 4) is 5.69 Å². The maximum atomic E-state index is 14.0. The van der Waals surface area contributed by atoms with Gasteiger partial charge in [0, 0.05) is 35.8 Å². The van der Waals surface area contributed by atoms with Crippen molar-refractivity contribution in [3.05, 3.63) is 84.2 Å². The Bertz CT molecular complexity index is 1540. The van der Waals surface area contributed by atoms with Gasteiger partial charge in [0.2, 0.25) is 5.95 Å². The van der Waals surface area contributed by atoms with E-state index in [1.807, 2.05) is 6.92 Å². The highest BCUT2D eigenvalue weighted by Gasteiger charge is 2.34. The average Bonchev–Trinajstić information content (AvgIpc) is 3.76. The molecule has 0 radical (unpaired) electrons. The van der Waals surface area contributed by atoms with E-state index in [2.05, 4.69) is 17.6 Å². The van der Waals surface area contributed by atoms with E-state index in [-0.39, 0.29) is 41.0 Å². The monoisotopic (exact) mass is 587 g/mol. The van der Waals surface area contributed by atoms with Crippen LogP contribution in [0.5, 0.6) is 0 Å². The number of amides is 2. The molecule has 1 aliphatic heterocycles. The van der Waals surface area contributed by atoms with Gasteiger partial charge in [-0.1, -0.05) is 34.8 Å². The minimum absolute atomic E-state index is 0.0848. The van der Waals surface area contributed by atoms with E-state index in [0.717, 1.165) is 12.8 Å². The number of hydrogen-bond donors (Lipinski definition) is 2. The Morgan fingerprint density at radius 2 is 1.72 bits per heavy atom. The number of aromatic nitrogens is 2. The summed E-state index contributed by atoms with van der Waals surface area (Å²) in [6, 6.07) is 9.42. The van der Waals surface area contributed by atoms with Gasteiger partial charge in [-0.2, -0.15) is 0 Å². The summed E-state index contributed by atoms with van der Waals surface area (Å²) in [5.41, 5.74) is 2.03. The zero-order valence-electron chi connectivity index (χ0n) is 21.7. The minimum Gasteiger partial charge on any atom is -0.355 e. The summed E-state index contributed by atoms with van der Waals surface area (Å²) in [4.78, 5) is 46.1. The van der Waals surface area contributed by atoms with Crippen LogP contribution >= 0.6 is 34.8 Å². The zero-order chi connectivity index (χ0) is 28.0. The van der Waals surface area contributed by atoms with Crippen molar-refractivity contribution in [3.63, 3.8) is 0 Å². The molecule has 0 spiro atoms. The maximum Gasteiger partial charge on any atom is 0.263 e. The standard InChI is InChI=1S/C28H28Cl3N5O3/c1-14-10-19-23(13-35(14)26(38)18-6-8-20(29)21(30)12-18)34-28(33-15(2)16-4-5-16)36(27(19)39)24-9-7-17(11-22(24)31)25(37)32-3/h6-9,11-12,14-16H,4-5,10,13H2,1-3H3,(H,32,37)(H,33,34)/t14-,15+/m1/s1. The Morgan fingerprint density at radius 3 is 2.36 bits per heavy atom. The topological polar surface area (TPSA) is 96.3 Å². The molecule has 0 unspecified atom stereocenters. The molecule has 2 amide bonds. The molecular weight excluding hydrogens is 561 g/mol. The lowest BCUT2D eigenvalue weighted by molar-refractivity contribution is 0.0653. The second-order valence-corrected chi connectivity index (χ2v) is 11.4. The third kappa shape index (κ3) is 5.38. The van der Waals surface area contributed by atoms with E-state index in [1.165, 1.54) is 10.6 Å². The van der Waals surface area contributed by atoms with Crippen LogP contribution in [0, 0.1) is 5.92 Å². The molecule has 1 aromatic heterocycles. The molecule has 2 aromatic carbocycles. The van der Waals surface area contributed by atoms with Gasteiger partial charge in [-0.3, -0.25) is 14.4 Å². The van der Waals surface area contributed by atoms with Gasteiger partial charge >= 0.3 is 0 Å². The smallest absolute Gasteiger partial charge is 0.263 e. The van der Waals surface area contributed by atoms with Crippen molar-refractivity contribution in [1.29, 1.82) is 0 Å². The number of hydrogen-bond acceptors (Lipinski definition) is 5. The number of fused-ring (bicyclic) bond motifs is 1. The van der Waals surface area contributed by atoms with Crippen LogP contribution in [0.3, 0.4) is 0 Å². The van der Waals surface area contributed by atoms with Crippen molar-refractivity contribution in [2.45, 2.75) is 51.7 Å². The van der Waals surface area contributed by atoms with Crippen LogP contribution in [0.1, 0.15) is 58.7 Å². The summed E-state index contributed by atoms with van der Waals surface area (Å²) in [6.45, 7) is 4.13. The molecule has 2 atom stereocenters. The lowest BCUT2D eigenvalue weighted by Gasteiger charge is -2.35. The Morgan fingerprint density at radius 1 is 1.03 bits per heavy atom. The molecule has 5 rings (SSSR count). The first kappa shape index (κ1) is 27.5. The van der Waals surface area contributed by atoms with Crippen LogP contribution in [-0.4, -0.2) is 45.4 Å². The molecule has 1 fully saturated rings. The molecule has 3 aromatic rings. The summed E-state index contributed by atoms with van der Waals surface area (Å²) in [6.07, 6.45) is 2.53. The molecule has 2 aliphatic rings. The lowest BCUT2D eigenvalue weighted by atomic mass is 9.98. The summed E-state index contributed by atoms with van der Waals surface area (Å²) >= 11 is 18.8. The van der Waals surface area contributed by atoms with Crippen molar-refractivity contribution < 1.29 is 9.59 Å². The van der Waals surface area contributed by atoms with Crippen LogP contribution in [0.2, 0.25) is 15.1 Å². The predicted molar refractivity (Wildman–Crippen MR) is 154 cm³/mol. The first-order chi connectivity index (χ1) is 18.6. The van der Waals surface area contributed by atoms with E-state index in [4.69, 9.17) is 39.8 Å². The molecule has 204 valence electrons. The fourth-order valence-electron chi connectivity index (χ4n) is 4.94. The Kier molecular flexibility index (Phi) is 7.64. The van der Waals surface area contributed by atoms with Crippen molar-refractivity contribution in [1.82, 2.24) is 19.8 Å². The van der Waals surface area contributed by atoms with Gasteiger partial charge in [-0.05, 0) is 75.4 Å². The minimum atomic E-state index is -0.277.